The van der Waals surface area contributed by atoms with Crippen molar-refractivity contribution in [1.82, 2.24) is 4.98 Å². The fourth-order valence-electron chi connectivity index (χ4n) is 0.909. The van der Waals surface area contributed by atoms with E-state index in [-0.39, 0.29) is 0 Å². The van der Waals surface area contributed by atoms with Gasteiger partial charge in [-0.2, -0.15) is 0 Å². The molecule has 0 saturated carbocycles. The van der Waals surface area contributed by atoms with Gasteiger partial charge < -0.3 is 9.79 Å². The maximum absolute atomic E-state index is 10.6. The van der Waals surface area contributed by atoms with E-state index in [0.29, 0.717) is 5.69 Å². The summed E-state index contributed by atoms with van der Waals surface area (Å²) in [5.41, 5.74) is 1.18. The molecule has 0 fully saturated rings. The molecule has 0 aliphatic rings. The van der Waals surface area contributed by atoms with Crippen molar-refractivity contribution in [2.75, 3.05) is 5.09 Å². The lowest BCUT2D eigenvalue weighted by atomic mass is 10.3. The number of nitrogens with one attached hydrogen (secondary N) is 1. The van der Waals surface area contributed by atoms with Crippen molar-refractivity contribution in [1.29, 1.82) is 0 Å². The molecule has 0 bridgehead atoms. The van der Waals surface area contributed by atoms with Crippen molar-refractivity contribution in [3.8, 4) is 0 Å². The molecular weight excluding hydrogens is 191 g/mol. The molecule has 6 heteroatoms. The first-order chi connectivity index (χ1) is 6.01. The van der Waals surface area contributed by atoms with Gasteiger partial charge in [-0.15, -0.1) is 0 Å². The lowest BCUT2D eigenvalue weighted by molar-refractivity contribution is 0.380. The molecule has 0 atom stereocenters. The van der Waals surface area contributed by atoms with Crippen LogP contribution in [-0.4, -0.2) is 14.8 Å². The van der Waals surface area contributed by atoms with E-state index in [0.717, 1.165) is 12.1 Å². The van der Waals surface area contributed by atoms with Gasteiger partial charge in [0.05, 0.1) is 0 Å². The maximum Gasteiger partial charge on any atom is 0.427 e. The minimum absolute atomic E-state index is 0.389. The highest BCUT2D eigenvalue weighted by Crippen LogP contribution is 2.34. The Balaban J connectivity index is 2.84. The summed E-state index contributed by atoms with van der Waals surface area (Å²) < 4.78 is 10.6. The van der Waals surface area contributed by atoms with E-state index in [2.05, 4.69) is 10.1 Å². The monoisotopic (exact) mass is 202 g/mol. The standard InChI is InChI=1S/C7H11N2O3P/c1-2-6-5-7(3-4-8-6)9-13(10,11)12/h3-5H,2H2,1H3,(H3,8,9,10,11,12). The highest BCUT2D eigenvalue weighted by Gasteiger charge is 2.11. The van der Waals surface area contributed by atoms with Crippen LogP contribution in [0.2, 0.25) is 0 Å². The fourth-order valence-corrected chi connectivity index (χ4v) is 1.38. The summed E-state index contributed by atoms with van der Waals surface area (Å²) in [6, 6.07) is 3.12. The highest BCUT2D eigenvalue weighted by atomic mass is 31.2. The van der Waals surface area contributed by atoms with Crippen LogP contribution in [0.5, 0.6) is 0 Å². The molecule has 1 rings (SSSR count). The minimum Gasteiger partial charge on any atom is -0.308 e. The van der Waals surface area contributed by atoms with Gasteiger partial charge in [-0.3, -0.25) is 10.1 Å². The zero-order chi connectivity index (χ0) is 9.90. The Morgan fingerprint density at radius 2 is 2.31 bits per heavy atom. The average Bonchev–Trinajstić information content (AvgIpc) is 2.01. The third kappa shape index (κ3) is 3.55. The summed E-state index contributed by atoms with van der Waals surface area (Å²) in [5.74, 6) is 0. The Kier molecular flexibility index (Phi) is 3.03. The van der Waals surface area contributed by atoms with Crippen LogP contribution in [0.15, 0.2) is 18.3 Å². The van der Waals surface area contributed by atoms with Crippen molar-refractivity contribution in [2.45, 2.75) is 13.3 Å². The molecule has 0 spiro atoms. The zero-order valence-electron chi connectivity index (χ0n) is 7.14. The van der Waals surface area contributed by atoms with Crippen LogP contribution >= 0.6 is 7.75 Å². The lowest BCUT2D eigenvalue weighted by Gasteiger charge is -2.07. The van der Waals surface area contributed by atoms with Crippen molar-refractivity contribution in [3.05, 3.63) is 24.0 Å². The molecule has 1 aromatic rings. The third-order valence-corrected chi connectivity index (χ3v) is 2.00. The van der Waals surface area contributed by atoms with Crippen LogP contribution < -0.4 is 5.09 Å². The smallest absolute Gasteiger partial charge is 0.308 e. The number of nitrogens with zero attached hydrogens (tertiary/aromatic N) is 1. The molecule has 72 valence electrons. The minimum atomic E-state index is -4.20. The molecule has 5 nitrogen and oxygen atoms in total. The van der Waals surface area contributed by atoms with Crippen LogP contribution in [0.4, 0.5) is 5.69 Å². The van der Waals surface area contributed by atoms with E-state index in [1.54, 1.807) is 6.07 Å². The van der Waals surface area contributed by atoms with Gasteiger partial charge in [0.2, 0.25) is 0 Å². The normalized spacial score (nSPS) is 11.3. The first-order valence-electron chi connectivity index (χ1n) is 3.80. The Hall–Kier alpha value is -0.900. The van der Waals surface area contributed by atoms with Crippen LogP contribution in [0.3, 0.4) is 0 Å². The molecule has 0 amide bonds. The molecule has 0 aromatic carbocycles. The first kappa shape index (κ1) is 10.2. The van der Waals surface area contributed by atoms with E-state index >= 15 is 0 Å². The molecule has 0 saturated heterocycles. The van der Waals surface area contributed by atoms with E-state index in [1.807, 2.05) is 6.92 Å². The summed E-state index contributed by atoms with van der Waals surface area (Å²) in [7, 11) is -4.20. The highest BCUT2D eigenvalue weighted by molar-refractivity contribution is 7.53. The Morgan fingerprint density at radius 3 is 2.85 bits per heavy atom. The first-order valence-corrected chi connectivity index (χ1v) is 5.41. The topological polar surface area (TPSA) is 82.5 Å². The number of hydrogen-bond acceptors (Lipinski definition) is 2. The summed E-state index contributed by atoms with van der Waals surface area (Å²) in [6.07, 6.45) is 2.24. The lowest BCUT2D eigenvalue weighted by Crippen LogP contribution is -1.96. The molecule has 0 unspecified atom stereocenters. The molecule has 3 N–H and O–H groups in total. The van der Waals surface area contributed by atoms with Crippen LogP contribution in [0.25, 0.3) is 0 Å². The molecule has 13 heavy (non-hydrogen) atoms. The van der Waals surface area contributed by atoms with Gasteiger partial charge in [-0.25, -0.2) is 4.57 Å². The number of rotatable bonds is 3. The fraction of sp³-hybridized carbons (Fsp3) is 0.286. The Morgan fingerprint density at radius 1 is 1.62 bits per heavy atom. The molecule has 0 aliphatic carbocycles. The van der Waals surface area contributed by atoms with Gasteiger partial charge in [0.25, 0.3) is 0 Å². The van der Waals surface area contributed by atoms with Crippen LogP contribution in [0, 0.1) is 0 Å². The number of anilines is 1. The van der Waals surface area contributed by atoms with E-state index in [4.69, 9.17) is 9.79 Å². The molecule has 1 heterocycles. The van der Waals surface area contributed by atoms with Gasteiger partial charge in [-0.05, 0) is 18.6 Å². The van der Waals surface area contributed by atoms with E-state index in [1.165, 1.54) is 12.3 Å². The van der Waals surface area contributed by atoms with Crippen molar-refractivity contribution in [3.63, 3.8) is 0 Å². The molecule has 1 aromatic heterocycles. The average molecular weight is 202 g/mol. The maximum atomic E-state index is 10.6. The number of aromatic nitrogens is 1. The van der Waals surface area contributed by atoms with E-state index in [9.17, 15) is 4.57 Å². The number of pyridine rings is 1. The number of aryl methyl sites for hydroxylation is 1. The van der Waals surface area contributed by atoms with Crippen molar-refractivity contribution >= 4 is 13.4 Å². The summed E-state index contributed by atoms with van der Waals surface area (Å²) in [5, 5.41) is 2.08. The second kappa shape index (κ2) is 3.87. The van der Waals surface area contributed by atoms with Gasteiger partial charge in [0.15, 0.2) is 0 Å². The molecular formula is C7H11N2O3P. The largest absolute Gasteiger partial charge is 0.427 e. The van der Waals surface area contributed by atoms with Crippen LogP contribution in [0.1, 0.15) is 12.6 Å². The van der Waals surface area contributed by atoms with Gasteiger partial charge >= 0.3 is 7.75 Å². The van der Waals surface area contributed by atoms with Gasteiger partial charge in [0, 0.05) is 17.6 Å². The predicted molar refractivity (Wildman–Crippen MR) is 49.3 cm³/mol. The van der Waals surface area contributed by atoms with Gasteiger partial charge in [-0.1, -0.05) is 6.92 Å². The predicted octanol–water partition coefficient (Wildman–Crippen LogP) is 1.15. The van der Waals surface area contributed by atoms with Gasteiger partial charge in [0.1, 0.15) is 0 Å². The van der Waals surface area contributed by atoms with Crippen molar-refractivity contribution < 1.29 is 14.4 Å². The Labute approximate surface area is 76.0 Å². The molecule has 0 radical (unpaired) electrons. The summed E-state index contributed by atoms with van der Waals surface area (Å²) >= 11 is 0. The van der Waals surface area contributed by atoms with Crippen molar-refractivity contribution in [2.24, 2.45) is 0 Å². The summed E-state index contributed by atoms with van der Waals surface area (Å²) in [6.45, 7) is 1.92. The zero-order valence-corrected chi connectivity index (χ0v) is 8.03. The SMILES string of the molecule is CCc1cc(NP(=O)(O)O)ccn1. The van der Waals surface area contributed by atoms with Crippen LogP contribution in [-0.2, 0) is 11.0 Å². The molecule has 0 aliphatic heterocycles. The summed E-state index contributed by atoms with van der Waals surface area (Å²) in [4.78, 5) is 21.2. The second-order valence-corrected chi connectivity index (χ2v) is 3.86. The number of hydrogen-bond donors (Lipinski definition) is 3. The second-order valence-electron chi connectivity index (χ2n) is 2.55. The quantitative estimate of drug-likeness (QED) is 0.640. The van der Waals surface area contributed by atoms with E-state index < -0.39 is 7.75 Å². The third-order valence-electron chi connectivity index (χ3n) is 1.45. The Bertz CT molecular complexity index is 336.